The molecule has 0 atom stereocenters. The summed E-state index contributed by atoms with van der Waals surface area (Å²) in [7, 11) is 0. The van der Waals surface area contributed by atoms with Crippen molar-refractivity contribution in [1.29, 1.82) is 0 Å². The maximum Gasteiger partial charge on any atom is 0.227 e. The van der Waals surface area contributed by atoms with Gasteiger partial charge in [0.05, 0.1) is 23.7 Å². The molecule has 110 valence electrons. The summed E-state index contributed by atoms with van der Waals surface area (Å²) in [6.45, 7) is 0.304. The van der Waals surface area contributed by atoms with Crippen LogP contribution in [-0.2, 0) is 4.79 Å². The molecule has 2 aromatic rings. The van der Waals surface area contributed by atoms with Crippen LogP contribution in [0.25, 0.3) is 0 Å². The smallest absolute Gasteiger partial charge is 0.227 e. The molecule has 0 unspecified atom stereocenters. The van der Waals surface area contributed by atoms with E-state index >= 15 is 0 Å². The van der Waals surface area contributed by atoms with Gasteiger partial charge in [-0.2, -0.15) is 0 Å². The van der Waals surface area contributed by atoms with E-state index in [1.165, 1.54) is 0 Å². The van der Waals surface area contributed by atoms with Crippen molar-refractivity contribution in [1.82, 2.24) is 0 Å². The van der Waals surface area contributed by atoms with E-state index in [0.29, 0.717) is 23.0 Å². The molecular formula is C15H14ClIN2O2. The number of amides is 1. The van der Waals surface area contributed by atoms with Crippen LogP contribution in [0.2, 0.25) is 5.02 Å². The van der Waals surface area contributed by atoms with Gasteiger partial charge in [0.15, 0.2) is 0 Å². The van der Waals surface area contributed by atoms with Gasteiger partial charge in [0.1, 0.15) is 5.75 Å². The average molecular weight is 417 g/mol. The van der Waals surface area contributed by atoms with Crippen LogP contribution in [0, 0.1) is 3.57 Å². The maximum absolute atomic E-state index is 11.8. The van der Waals surface area contributed by atoms with Gasteiger partial charge in [-0.1, -0.05) is 17.7 Å². The topological polar surface area (TPSA) is 64.3 Å². The van der Waals surface area contributed by atoms with E-state index < -0.39 is 0 Å². The van der Waals surface area contributed by atoms with Crippen molar-refractivity contribution in [2.75, 3.05) is 17.7 Å². The second-order valence-corrected chi connectivity index (χ2v) is 6.00. The lowest BCUT2D eigenvalue weighted by Crippen LogP contribution is -2.15. The summed E-state index contributed by atoms with van der Waals surface area (Å²) in [5.41, 5.74) is 6.70. The predicted molar refractivity (Wildman–Crippen MR) is 93.8 cm³/mol. The van der Waals surface area contributed by atoms with Crippen LogP contribution in [0.5, 0.6) is 5.75 Å². The summed E-state index contributed by atoms with van der Waals surface area (Å²) >= 11 is 8.20. The van der Waals surface area contributed by atoms with Crippen LogP contribution < -0.4 is 15.8 Å². The minimum Gasteiger partial charge on any atom is -0.493 e. The number of carbonyl (C=O) groups is 1. The predicted octanol–water partition coefficient (Wildman–Crippen LogP) is 3.93. The third-order valence-electron chi connectivity index (χ3n) is 2.66. The number of nitrogens with one attached hydrogen (secondary N) is 1. The van der Waals surface area contributed by atoms with E-state index in [1.54, 1.807) is 18.2 Å². The molecule has 0 saturated carbocycles. The fourth-order valence-electron chi connectivity index (χ4n) is 1.66. The van der Waals surface area contributed by atoms with Gasteiger partial charge in [-0.25, -0.2) is 0 Å². The monoisotopic (exact) mass is 416 g/mol. The molecule has 0 aliphatic rings. The minimum atomic E-state index is -0.160. The Labute approximate surface area is 141 Å². The molecule has 3 N–H and O–H groups in total. The SMILES string of the molecule is Nc1ccc(NC(=O)CCOc2cccc(I)c2)c(Cl)c1. The number of anilines is 2. The molecule has 0 aromatic heterocycles. The summed E-state index contributed by atoms with van der Waals surface area (Å²) in [5, 5.41) is 3.15. The van der Waals surface area contributed by atoms with E-state index in [2.05, 4.69) is 27.9 Å². The summed E-state index contributed by atoms with van der Waals surface area (Å²) in [5.74, 6) is 0.590. The highest BCUT2D eigenvalue weighted by Gasteiger charge is 2.06. The fourth-order valence-corrected chi connectivity index (χ4v) is 2.41. The molecule has 0 aliphatic carbocycles. The zero-order valence-electron chi connectivity index (χ0n) is 11.1. The van der Waals surface area contributed by atoms with Gasteiger partial charge >= 0.3 is 0 Å². The number of halogens is 2. The highest BCUT2D eigenvalue weighted by molar-refractivity contribution is 14.1. The number of benzene rings is 2. The van der Waals surface area contributed by atoms with E-state index in [4.69, 9.17) is 22.1 Å². The van der Waals surface area contributed by atoms with Gasteiger partial charge < -0.3 is 15.8 Å². The molecule has 0 spiro atoms. The molecule has 6 heteroatoms. The first kappa shape index (κ1) is 15.9. The highest BCUT2D eigenvalue weighted by atomic mass is 127. The molecule has 2 rings (SSSR count). The maximum atomic E-state index is 11.8. The van der Waals surface area contributed by atoms with E-state index in [0.717, 1.165) is 9.32 Å². The van der Waals surface area contributed by atoms with E-state index in [9.17, 15) is 4.79 Å². The number of nitrogens with two attached hydrogens (primary N) is 1. The molecule has 1 amide bonds. The van der Waals surface area contributed by atoms with Gasteiger partial charge in [-0.3, -0.25) is 4.79 Å². The first-order chi connectivity index (χ1) is 10.0. The standard InChI is InChI=1S/C15H14ClIN2O2/c16-13-9-11(18)4-5-14(13)19-15(20)6-7-21-12-3-1-2-10(17)8-12/h1-5,8-9H,6-7,18H2,(H,19,20). The summed E-state index contributed by atoms with van der Waals surface area (Å²) in [6, 6.07) is 12.6. The number of hydrogen-bond donors (Lipinski definition) is 2. The second kappa shape index (κ2) is 7.51. The van der Waals surface area contributed by atoms with Crippen LogP contribution in [0.4, 0.5) is 11.4 Å². The molecule has 2 aromatic carbocycles. The Bertz CT molecular complexity index is 649. The third-order valence-corrected chi connectivity index (χ3v) is 3.64. The number of ether oxygens (including phenoxy) is 1. The zero-order chi connectivity index (χ0) is 15.2. The minimum absolute atomic E-state index is 0.160. The van der Waals surface area contributed by atoms with Crippen molar-refractivity contribution in [3.8, 4) is 5.75 Å². The molecule has 21 heavy (non-hydrogen) atoms. The number of rotatable bonds is 5. The molecule has 0 aliphatic heterocycles. The van der Waals surface area contributed by atoms with Crippen molar-refractivity contribution < 1.29 is 9.53 Å². The summed E-state index contributed by atoms with van der Waals surface area (Å²) in [4.78, 5) is 11.8. The molecule has 0 radical (unpaired) electrons. The lowest BCUT2D eigenvalue weighted by atomic mass is 10.2. The second-order valence-electron chi connectivity index (χ2n) is 4.34. The number of nitrogen functional groups attached to an aromatic ring is 1. The van der Waals surface area contributed by atoms with Crippen molar-refractivity contribution in [3.05, 3.63) is 51.1 Å². The van der Waals surface area contributed by atoms with Crippen molar-refractivity contribution in [3.63, 3.8) is 0 Å². The zero-order valence-corrected chi connectivity index (χ0v) is 14.0. The quantitative estimate of drug-likeness (QED) is 0.573. The van der Waals surface area contributed by atoms with Gasteiger partial charge in [-0.05, 0) is 59.0 Å². The molecule has 4 nitrogen and oxygen atoms in total. The Hall–Kier alpha value is -1.47. The highest BCUT2D eigenvalue weighted by Crippen LogP contribution is 2.24. The van der Waals surface area contributed by atoms with Gasteiger partial charge in [0.25, 0.3) is 0 Å². The fraction of sp³-hybridized carbons (Fsp3) is 0.133. The van der Waals surface area contributed by atoms with Crippen molar-refractivity contribution >= 4 is 51.5 Å². The third kappa shape index (κ3) is 5.09. The van der Waals surface area contributed by atoms with Gasteiger partial charge in [-0.15, -0.1) is 0 Å². The van der Waals surface area contributed by atoms with Crippen LogP contribution in [-0.4, -0.2) is 12.5 Å². The molecule has 0 fully saturated rings. The largest absolute Gasteiger partial charge is 0.493 e. The van der Waals surface area contributed by atoms with Crippen molar-refractivity contribution in [2.24, 2.45) is 0 Å². The van der Waals surface area contributed by atoms with Crippen molar-refractivity contribution in [2.45, 2.75) is 6.42 Å². The average Bonchev–Trinajstić information content (AvgIpc) is 2.42. The normalized spacial score (nSPS) is 10.2. The van der Waals surface area contributed by atoms with E-state index in [1.807, 2.05) is 24.3 Å². The Balaban J connectivity index is 1.82. The lowest BCUT2D eigenvalue weighted by Gasteiger charge is -2.09. The first-order valence-corrected chi connectivity index (χ1v) is 7.73. The molecule has 0 saturated heterocycles. The Morgan fingerprint density at radius 2 is 2.10 bits per heavy atom. The number of hydrogen-bond acceptors (Lipinski definition) is 3. The Morgan fingerprint density at radius 1 is 1.29 bits per heavy atom. The van der Waals surface area contributed by atoms with Gasteiger partial charge in [0, 0.05) is 9.26 Å². The molecule has 0 bridgehead atoms. The van der Waals surface area contributed by atoms with Crippen LogP contribution in [0.15, 0.2) is 42.5 Å². The Kier molecular flexibility index (Phi) is 5.69. The summed E-state index contributed by atoms with van der Waals surface area (Å²) in [6.07, 6.45) is 0.242. The van der Waals surface area contributed by atoms with Crippen LogP contribution >= 0.6 is 34.2 Å². The molecule has 0 heterocycles. The molecular weight excluding hydrogens is 403 g/mol. The lowest BCUT2D eigenvalue weighted by molar-refractivity contribution is -0.116. The number of carbonyl (C=O) groups excluding carboxylic acids is 1. The van der Waals surface area contributed by atoms with Crippen LogP contribution in [0.3, 0.4) is 0 Å². The Morgan fingerprint density at radius 3 is 2.81 bits per heavy atom. The summed E-state index contributed by atoms with van der Waals surface area (Å²) < 4.78 is 6.61. The first-order valence-electron chi connectivity index (χ1n) is 6.28. The van der Waals surface area contributed by atoms with E-state index in [-0.39, 0.29) is 12.3 Å². The van der Waals surface area contributed by atoms with Gasteiger partial charge in [0.2, 0.25) is 5.91 Å². The van der Waals surface area contributed by atoms with Crippen LogP contribution in [0.1, 0.15) is 6.42 Å².